The van der Waals surface area contributed by atoms with Crippen molar-refractivity contribution in [2.75, 3.05) is 4.90 Å². The molecule has 1 aliphatic rings. The second kappa shape index (κ2) is 14.8. The fourth-order valence-electron chi connectivity index (χ4n) is 9.56. The third-order valence-corrected chi connectivity index (χ3v) is 12.5. The maximum absolute atomic E-state index is 2.48. The Morgan fingerprint density at radius 2 is 0.726 bits per heavy atom. The molecule has 12 rings (SSSR count). The third-order valence-electron chi connectivity index (χ3n) is 12.5. The molecule has 2 heterocycles. The lowest BCUT2D eigenvalue weighted by Gasteiger charge is -2.26. The van der Waals surface area contributed by atoms with Crippen LogP contribution in [0.2, 0.25) is 0 Å². The number of fused-ring (bicyclic) bond motifs is 8. The summed E-state index contributed by atoms with van der Waals surface area (Å²) in [6.07, 6.45) is 0. The van der Waals surface area contributed by atoms with Crippen LogP contribution >= 0.6 is 0 Å². The molecule has 1 aliphatic heterocycles. The van der Waals surface area contributed by atoms with Crippen molar-refractivity contribution in [3.05, 3.63) is 243 Å². The quantitative estimate of drug-likeness (QED) is 0.156. The summed E-state index contributed by atoms with van der Waals surface area (Å²) in [4.78, 5) is 2.35. The van der Waals surface area contributed by atoms with Gasteiger partial charge in [-0.25, -0.2) is 0 Å². The summed E-state index contributed by atoms with van der Waals surface area (Å²) in [6, 6.07) is 88.3. The predicted molar refractivity (Wildman–Crippen MR) is 262 cm³/mol. The molecule has 0 bridgehead atoms. The van der Waals surface area contributed by atoms with E-state index in [9.17, 15) is 0 Å². The van der Waals surface area contributed by atoms with E-state index in [0.29, 0.717) is 0 Å². The fourth-order valence-corrected chi connectivity index (χ4v) is 9.56. The van der Waals surface area contributed by atoms with Crippen molar-refractivity contribution >= 4 is 38.9 Å². The normalized spacial score (nSPS) is 11.5. The van der Waals surface area contributed by atoms with Crippen LogP contribution in [0.5, 0.6) is 0 Å². The van der Waals surface area contributed by atoms with E-state index >= 15 is 0 Å². The van der Waals surface area contributed by atoms with Crippen LogP contribution in [0.1, 0.15) is 0 Å². The zero-order valence-electron chi connectivity index (χ0n) is 34.0. The van der Waals surface area contributed by atoms with Gasteiger partial charge in [0.2, 0.25) is 0 Å². The Kier molecular flexibility index (Phi) is 8.53. The van der Waals surface area contributed by atoms with Gasteiger partial charge in [-0.3, -0.25) is 0 Å². The number of hydrogen-bond donors (Lipinski definition) is 0. The summed E-state index contributed by atoms with van der Waals surface area (Å²) in [5, 5.41) is 2.54. The molecule has 0 amide bonds. The molecule has 11 aromatic rings. The molecule has 0 unspecified atom stereocenters. The second-order valence-corrected chi connectivity index (χ2v) is 16.1. The van der Waals surface area contributed by atoms with Crippen molar-refractivity contribution in [2.45, 2.75) is 0 Å². The number of para-hydroxylation sites is 2. The van der Waals surface area contributed by atoms with Crippen LogP contribution < -0.4 is 4.90 Å². The van der Waals surface area contributed by atoms with Crippen molar-refractivity contribution < 1.29 is 0 Å². The van der Waals surface area contributed by atoms with Gasteiger partial charge in [0.05, 0.1) is 16.7 Å². The predicted octanol–water partition coefficient (Wildman–Crippen LogP) is 16.6. The second-order valence-electron chi connectivity index (χ2n) is 16.1. The molecule has 2 nitrogen and oxygen atoms in total. The van der Waals surface area contributed by atoms with Gasteiger partial charge in [-0.05, 0) is 116 Å². The SMILES string of the molecule is c1ccc(-c2ccc(N(c3ccc(-c4ccc(-c5cc6c7c(c5)c5ccccc5n7-c5ccccc5-c5ccccc5-6)cc4)cc3)c3cccc(-c4ccccc4)c3)cc2)cc1. The lowest BCUT2D eigenvalue weighted by Crippen LogP contribution is -2.10. The summed E-state index contributed by atoms with van der Waals surface area (Å²) >= 11 is 0. The topological polar surface area (TPSA) is 8.17 Å². The molecule has 62 heavy (non-hydrogen) atoms. The van der Waals surface area contributed by atoms with Crippen LogP contribution in [0.4, 0.5) is 17.1 Å². The van der Waals surface area contributed by atoms with Gasteiger partial charge in [0.1, 0.15) is 0 Å². The Bertz CT molecular complexity index is 3420. The largest absolute Gasteiger partial charge is 0.310 e. The average molecular weight is 789 g/mol. The highest BCUT2D eigenvalue weighted by Gasteiger charge is 2.25. The molecule has 0 N–H and O–H groups in total. The first-order chi connectivity index (χ1) is 30.7. The van der Waals surface area contributed by atoms with Gasteiger partial charge >= 0.3 is 0 Å². The standard InChI is InChI=1S/C60H40N2/c1-3-14-41(15-4-1)44-30-34-49(35-31-44)61(51-19-13-18-47(38-51)42-16-5-2-6-17-42)50-36-32-45(33-37-50)43-26-28-46(29-27-43)48-39-56-53-21-8-7-20-52(53)54-22-9-11-24-58(54)62-59-25-12-10-23-55(59)57(40-48)60(56)62/h1-40H. The van der Waals surface area contributed by atoms with E-state index in [1.165, 1.54) is 94.3 Å². The number of rotatable bonds is 7. The van der Waals surface area contributed by atoms with Crippen LogP contribution in [-0.2, 0) is 0 Å². The zero-order valence-corrected chi connectivity index (χ0v) is 34.0. The molecule has 0 saturated heterocycles. The minimum Gasteiger partial charge on any atom is -0.310 e. The Morgan fingerprint density at radius 3 is 1.37 bits per heavy atom. The molecular weight excluding hydrogens is 749 g/mol. The number of nitrogens with zero attached hydrogens (tertiary/aromatic N) is 2. The first-order valence-corrected chi connectivity index (χ1v) is 21.3. The number of benzene rings is 10. The summed E-state index contributed by atoms with van der Waals surface area (Å²) in [6.45, 7) is 0. The average Bonchev–Trinajstić information content (AvgIpc) is 3.63. The smallest absolute Gasteiger partial charge is 0.0620 e. The van der Waals surface area contributed by atoms with Gasteiger partial charge in [-0.1, -0.05) is 182 Å². The van der Waals surface area contributed by atoms with Crippen molar-refractivity contribution in [3.8, 4) is 72.4 Å². The van der Waals surface area contributed by atoms with Gasteiger partial charge in [0.15, 0.2) is 0 Å². The van der Waals surface area contributed by atoms with E-state index in [1.807, 2.05) is 0 Å². The molecule has 0 spiro atoms. The Balaban J connectivity index is 0.916. The van der Waals surface area contributed by atoms with E-state index in [1.54, 1.807) is 0 Å². The van der Waals surface area contributed by atoms with Crippen molar-refractivity contribution in [2.24, 2.45) is 0 Å². The van der Waals surface area contributed by atoms with E-state index in [0.717, 1.165) is 17.1 Å². The van der Waals surface area contributed by atoms with Crippen molar-refractivity contribution in [3.63, 3.8) is 0 Å². The molecule has 0 fully saturated rings. The van der Waals surface area contributed by atoms with Gasteiger partial charge < -0.3 is 9.47 Å². The van der Waals surface area contributed by atoms with E-state index < -0.39 is 0 Å². The Morgan fingerprint density at radius 1 is 0.258 bits per heavy atom. The molecule has 0 aliphatic carbocycles. The first kappa shape index (κ1) is 35.7. The minimum atomic E-state index is 1.10. The van der Waals surface area contributed by atoms with Gasteiger partial charge in [0, 0.05) is 39.0 Å². The molecule has 290 valence electrons. The number of hydrogen-bond acceptors (Lipinski definition) is 1. The molecule has 2 heteroatoms. The minimum absolute atomic E-state index is 1.10. The summed E-state index contributed by atoms with van der Waals surface area (Å²) in [7, 11) is 0. The summed E-state index contributed by atoms with van der Waals surface area (Å²) in [5.41, 5.74) is 21.6. The molecule has 0 atom stereocenters. The highest BCUT2D eigenvalue weighted by molar-refractivity contribution is 6.17. The highest BCUT2D eigenvalue weighted by atomic mass is 15.1. The van der Waals surface area contributed by atoms with Crippen molar-refractivity contribution in [1.82, 2.24) is 4.57 Å². The maximum Gasteiger partial charge on any atom is 0.0620 e. The lowest BCUT2D eigenvalue weighted by atomic mass is 9.91. The Hall–Kier alpha value is -8.20. The Labute approximate surface area is 361 Å². The van der Waals surface area contributed by atoms with Crippen molar-refractivity contribution in [1.29, 1.82) is 0 Å². The molecule has 0 saturated carbocycles. The van der Waals surface area contributed by atoms with E-state index in [2.05, 4.69) is 252 Å². The van der Waals surface area contributed by atoms with E-state index in [4.69, 9.17) is 0 Å². The highest BCUT2D eigenvalue weighted by Crippen LogP contribution is 2.48. The molecular formula is C60H40N2. The monoisotopic (exact) mass is 788 g/mol. The maximum atomic E-state index is 2.48. The van der Waals surface area contributed by atoms with Crippen LogP contribution in [0, 0.1) is 0 Å². The molecule has 0 radical (unpaired) electrons. The fraction of sp³-hybridized carbons (Fsp3) is 0. The van der Waals surface area contributed by atoms with E-state index in [-0.39, 0.29) is 0 Å². The first-order valence-electron chi connectivity index (χ1n) is 21.3. The summed E-state index contributed by atoms with van der Waals surface area (Å²) in [5.74, 6) is 0. The van der Waals surface area contributed by atoms with Gasteiger partial charge in [0.25, 0.3) is 0 Å². The number of anilines is 3. The van der Waals surface area contributed by atoms with Crippen LogP contribution in [0.25, 0.3) is 94.3 Å². The molecule has 10 aromatic carbocycles. The van der Waals surface area contributed by atoms with Gasteiger partial charge in [-0.15, -0.1) is 0 Å². The molecule has 1 aromatic heterocycles. The van der Waals surface area contributed by atoms with Crippen LogP contribution in [-0.4, -0.2) is 4.57 Å². The summed E-state index contributed by atoms with van der Waals surface area (Å²) < 4.78 is 2.48. The number of aromatic nitrogens is 1. The van der Waals surface area contributed by atoms with Crippen LogP contribution in [0.3, 0.4) is 0 Å². The van der Waals surface area contributed by atoms with Gasteiger partial charge in [-0.2, -0.15) is 0 Å². The zero-order chi connectivity index (χ0) is 41.0. The third kappa shape index (κ3) is 6.04. The lowest BCUT2D eigenvalue weighted by molar-refractivity contribution is 1.19. The van der Waals surface area contributed by atoms with Crippen LogP contribution in [0.15, 0.2) is 243 Å².